The summed E-state index contributed by atoms with van der Waals surface area (Å²) in [5.74, 6) is 1.72. The van der Waals surface area contributed by atoms with E-state index in [4.69, 9.17) is 0 Å². The maximum Gasteiger partial charge on any atom is 0.125 e. The van der Waals surface area contributed by atoms with Crippen LogP contribution in [0.2, 0.25) is 0 Å². The minimum Gasteiger partial charge on any atom is -0.507 e. The van der Waals surface area contributed by atoms with Crippen LogP contribution in [-0.2, 0) is 0 Å². The van der Waals surface area contributed by atoms with Gasteiger partial charge in [0, 0.05) is 30.4 Å². The number of nitrogens with one attached hydrogen (secondary N) is 1. The molecule has 0 spiro atoms. The van der Waals surface area contributed by atoms with E-state index in [1.54, 1.807) is 6.07 Å². The quantitative estimate of drug-likeness (QED) is 0.763. The van der Waals surface area contributed by atoms with Crippen molar-refractivity contribution >= 4 is 11.0 Å². The third kappa shape index (κ3) is 1.83. The van der Waals surface area contributed by atoms with Gasteiger partial charge in [0.2, 0.25) is 0 Å². The molecule has 0 unspecified atom stereocenters. The molecule has 1 aliphatic carbocycles. The Morgan fingerprint density at radius 3 is 2.70 bits per heavy atom. The van der Waals surface area contributed by atoms with Crippen LogP contribution in [0.4, 0.5) is 0 Å². The molecule has 23 heavy (non-hydrogen) atoms. The highest BCUT2D eigenvalue weighted by atomic mass is 16.3. The van der Waals surface area contributed by atoms with Crippen LogP contribution in [0.25, 0.3) is 22.3 Å². The highest BCUT2D eigenvalue weighted by Crippen LogP contribution is 2.54. The van der Waals surface area contributed by atoms with Crippen molar-refractivity contribution in [3.63, 3.8) is 0 Å². The van der Waals surface area contributed by atoms with Gasteiger partial charge in [-0.2, -0.15) is 0 Å². The van der Waals surface area contributed by atoms with Crippen molar-refractivity contribution in [3.8, 4) is 17.0 Å². The van der Waals surface area contributed by atoms with Crippen LogP contribution in [0.15, 0.2) is 36.4 Å². The molecule has 2 fully saturated rings. The molecule has 1 saturated carbocycles. The normalized spacial score (nSPS) is 25.7. The number of aryl methyl sites for hydroxylation is 1. The zero-order valence-electron chi connectivity index (χ0n) is 12.9. The summed E-state index contributed by atoms with van der Waals surface area (Å²) in [5.41, 5.74) is 4.74. The Kier molecular flexibility index (Phi) is 2.59. The van der Waals surface area contributed by atoms with Crippen LogP contribution in [0.5, 0.6) is 5.75 Å². The van der Waals surface area contributed by atoms with E-state index in [-0.39, 0.29) is 5.75 Å². The second-order valence-electron chi connectivity index (χ2n) is 6.65. The van der Waals surface area contributed by atoms with Crippen molar-refractivity contribution in [2.45, 2.75) is 13.0 Å². The van der Waals surface area contributed by atoms with Gasteiger partial charge in [-0.15, -0.1) is 10.2 Å². The molecule has 0 radical (unpaired) electrons. The van der Waals surface area contributed by atoms with Crippen molar-refractivity contribution in [3.05, 3.63) is 42.1 Å². The number of hydrogen-bond donors (Lipinski definition) is 2. The number of aromatic hydroxyl groups is 1. The SMILES string of the molecule is Cc1cc2nnc(-c3ccccc3O)cc2n1[C@@H]1[C@@H]2CNC[C@@H]21. The van der Waals surface area contributed by atoms with Crippen LogP contribution in [-0.4, -0.2) is 33.0 Å². The molecular weight excluding hydrogens is 288 g/mol. The van der Waals surface area contributed by atoms with Crippen LogP contribution >= 0.6 is 0 Å². The van der Waals surface area contributed by atoms with Crippen molar-refractivity contribution in [1.82, 2.24) is 20.1 Å². The second kappa shape index (κ2) is 4.55. The highest BCUT2D eigenvalue weighted by molar-refractivity contribution is 5.82. The minimum absolute atomic E-state index is 0.239. The van der Waals surface area contributed by atoms with Crippen molar-refractivity contribution < 1.29 is 5.11 Å². The van der Waals surface area contributed by atoms with Crippen LogP contribution in [0, 0.1) is 18.8 Å². The molecule has 0 bridgehead atoms. The van der Waals surface area contributed by atoms with E-state index < -0.39 is 0 Å². The first-order valence-electron chi connectivity index (χ1n) is 8.08. The average Bonchev–Trinajstić information content (AvgIpc) is 2.92. The number of aromatic nitrogens is 3. The summed E-state index contributed by atoms with van der Waals surface area (Å²) in [6.07, 6.45) is 0. The van der Waals surface area contributed by atoms with Crippen LogP contribution in [0.3, 0.4) is 0 Å². The predicted octanol–water partition coefficient (Wildman–Crippen LogP) is 2.50. The first kappa shape index (κ1) is 13.1. The summed E-state index contributed by atoms with van der Waals surface area (Å²) >= 11 is 0. The van der Waals surface area contributed by atoms with Gasteiger partial charge in [-0.1, -0.05) is 12.1 Å². The van der Waals surface area contributed by atoms with E-state index in [9.17, 15) is 5.11 Å². The van der Waals surface area contributed by atoms with Gasteiger partial charge in [0.15, 0.2) is 0 Å². The van der Waals surface area contributed by atoms with Gasteiger partial charge in [0.1, 0.15) is 11.3 Å². The largest absolute Gasteiger partial charge is 0.507 e. The average molecular weight is 306 g/mol. The zero-order valence-corrected chi connectivity index (χ0v) is 12.9. The lowest BCUT2D eigenvalue weighted by Gasteiger charge is -2.11. The Balaban J connectivity index is 1.66. The lowest BCUT2D eigenvalue weighted by Crippen LogP contribution is -2.17. The Hall–Kier alpha value is -2.40. The second-order valence-corrected chi connectivity index (χ2v) is 6.65. The van der Waals surface area contributed by atoms with Gasteiger partial charge in [0.25, 0.3) is 0 Å². The molecule has 2 N–H and O–H groups in total. The first-order valence-corrected chi connectivity index (χ1v) is 8.08. The molecule has 5 heteroatoms. The summed E-state index contributed by atoms with van der Waals surface area (Å²) in [7, 11) is 0. The number of phenolic OH excluding ortho intramolecular Hbond substituents is 1. The van der Waals surface area contributed by atoms with E-state index in [2.05, 4.69) is 39.1 Å². The number of hydrogen-bond acceptors (Lipinski definition) is 4. The molecular formula is C18H18N4O. The Bertz CT molecular complexity index is 907. The van der Waals surface area contributed by atoms with Crippen molar-refractivity contribution in [2.75, 3.05) is 13.1 Å². The fraction of sp³-hybridized carbons (Fsp3) is 0.333. The summed E-state index contributed by atoms with van der Waals surface area (Å²) in [6.45, 7) is 4.36. The van der Waals surface area contributed by atoms with Gasteiger partial charge in [-0.25, -0.2) is 0 Å². The maximum absolute atomic E-state index is 10.1. The molecule has 3 heterocycles. The molecule has 5 nitrogen and oxygen atoms in total. The summed E-state index contributed by atoms with van der Waals surface area (Å²) in [5, 5.41) is 22.2. The van der Waals surface area contributed by atoms with Gasteiger partial charge in [-0.3, -0.25) is 0 Å². The van der Waals surface area contributed by atoms with Gasteiger partial charge >= 0.3 is 0 Å². The molecule has 2 aliphatic rings. The minimum atomic E-state index is 0.239. The maximum atomic E-state index is 10.1. The van der Waals surface area contributed by atoms with Crippen molar-refractivity contribution in [2.24, 2.45) is 11.8 Å². The van der Waals surface area contributed by atoms with E-state index in [0.717, 1.165) is 47.2 Å². The van der Waals surface area contributed by atoms with Crippen LogP contribution in [0.1, 0.15) is 11.7 Å². The number of rotatable bonds is 2. The number of para-hydroxylation sites is 1. The number of benzene rings is 1. The fourth-order valence-corrected chi connectivity index (χ4v) is 4.13. The summed E-state index contributed by atoms with van der Waals surface area (Å²) < 4.78 is 2.42. The van der Waals surface area contributed by atoms with Gasteiger partial charge < -0.3 is 15.0 Å². The van der Waals surface area contributed by atoms with E-state index >= 15 is 0 Å². The monoisotopic (exact) mass is 306 g/mol. The Morgan fingerprint density at radius 1 is 1.13 bits per heavy atom. The molecule has 116 valence electrons. The topological polar surface area (TPSA) is 63.0 Å². The number of nitrogens with zero attached hydrogens (tertiary/aromatic N) is 3. The number of phenols is 1. The molecule has 1 aliphatic heterocycles. The molecule has 3 atom stereocenters. The highest BCUT2D eigenvalue weighted by Gasteiger charge is 2.54. The summed E-state index contributed by atoms with van der Waals surface area (Å²) in [6, 6.07) is 12.0. The zero-order chi connectivity index (χ0) is 15.6. The fourth-order valence-electron chi connectivity index (χ4n) is 4.13. The lowest BCUT2D eigenvalue weighted by atomic mass is 10.1. The van der Waals surface area contributed by atoms with Gasteiger partial charge in [0.05, 0.1) is 11.2 Å². The van der Waals surface area contributed by atoms with E-state index in [1.165, 1.54) is 5.69 Å². The number of piperidine rings is 1. The third-order valence-electron chi connectivity index (χ3n) is 5.31. The van der Waals surface area contributed by atoms with Gasteiger partial charge in [-0.05, 0) is 43.0 Å². The smallest absolute Gasteiger partial charge is 0.125 e. The molecule has 5 rings (SSSR count). The molecule has 1 aromatic carbocycles. The standard InChI is InChI=1S/C18H18N4O/c1-10-6-15-16(22(10)18-12-8-19-9-13(12)18)7-14(20-21-15)11-4-2-3-5-17(11)23/h2-7,12-13,18-19,23H,8-9H2,1H3/t12-,13+,18-. The van der Waals surface area contributed by atoms with E-state index in [0.29, 0.717) is 6.04 Å². The lowest BCUT2D eigenvalue weighted by molar-refractivity contribution is 0.477. The molecule has 1 saturated heterocycles. The van der Waals surface area contributed by atoms with E-state index in [1.807, 2.05) is 18.2 Å². The summed E-state index contributed by atoms with van der Waals surface area (Å²) in [4.78, 5) is 0. The molecule has 2 aromatic heterocycles. The van der Waals surface area contributed by atoms with Crippen LogP contribution < -0.4 is 5.32 Å². The third-order valence-corrected chi connectivity index (χ3v) is 5.31. The Labute approximate surface area is 134 Å². The molecule has 3 aromatic rings. The predicted molar refractivity (Wildman–Crippen MR) is 88.3 cm³/mol. The first-order chi connectivity index (χ1) is 11.2. The molecule has 0 amide bonds. The number of fused-ring (bicyclic) bond motifs is 2. The van der Waals surface area contributed by atoms with Crippen molar-refractivity contribution in [1.29, 1.82) is 0 Å². The Morgan fingerprint density at radius 2 is 1.91 bits per heavy atom.